The van der Waals surface area contributed by atoms with Crippen LogP contribution in [-0.2, 0) is 18.9 Å². The van der Waals surface area contributed by atoms with Crippen molar-refractivity contribution in [2.45, 2.75) is 119 Å². The number of aliphatic hydroxyl groups excluding tert-OH is 5. The topological polar surface area (TPSA) is 206 Å². The van der Waals surface area contributed by atoms with Gasteiger partial charge in [0.25, 0.3) is 0 Å². The molecule has 0 saturated heterocycles. The normalized spacial score (nSPS) is 11.8. The molecule has 338 valence electrons. The second-order valence-corrected chi connectivity index (χ2v) is 13.9. The van der Waals surface area contributed by atoms with Crippen LogP contribution >= 0.6 is 0 Å². The highest BCUT2D eigenvalue weighted by Crippen LogP contribution is 2.17. The number of aliphatic hydroxyl groups is 5. The fourth-order valence-electron chi connectivity index (χ4n) is 5.20. The van der Waals surface area contributed by atoms with Crippen molar-refractivity contribution in [2.75, 3.05) is 59.5 Å². The summed E-state index contributed by atoms with van der Waals surface area (Å²) in [5.41, 5.74) is 1.50. The van der Waals surface area contributed by atoms with Gasteiger partial charge < -0.3 is 44.5 Å². The maximum absolute atomic E-state index is 12.2. The minimum atomic E-state index is -0.570. The highest BCUT2D eigenvalue weighted by molar-refractivity contribution is 5.94. The third kappa shape index (κ3) is 29.1. The molecular formula is C46H76O13. The molecule has 2 aromatic rings. The van der Waals surface area contributed by atoms with Gasteiger partial charge in [-0.05, 0) is 85.5 Å². The van der Waals surface area contributed by atoms with E-state index >= 15 is 0 Å². The van der Waals surface area contributed by atoms with Gasteiger partial charge in [-0.2, -0.15) is 0 Å². The van der Waals surface area contributed by atoms with Crippen molar-refractivity contribution in [1.82, 2.24) is 0 Å². The quantitative estimate of drug-likeness (QED) is 0.0458. The van der Waals surface area contributed by atoms with Gasteiger partial charge >= 0.3 is 23.9 Å². The lowest BCUT2D eigenvalue weighted by molar-refractivity contribution is 0.0414. The Bertz CT molecular complexity index is 1220. The predicted molar refractivity (Wildman–Crippen MR) is 229 cm³/mol. The molecule has 0 aliphatic rings. The number of esters is 4. The molecule has 0 aliphatic heterocycles. The average molecular weight is 837 g/mol. The molecule has 2 rings (SSSR count). The first-order valence-electron chi connectivity index (χ1n) is 21.4. The predicted octanol–water partition coefficient (Wildman–Crippen LogP) is 7.58. The Morgan fingerprint density at radius 2 is 0.695 bits per heavy atom. The lowest BCUT2D eigenvalue weighted by Crippen LogP contribution is -2.15. The number of ether oxygens (including phenoxy) is 4. The molecule has 2 aromatic carbocycles. The van der Waals surface area contributed by atoms with Crippen LogP contribution in [0.5, 0.6) is 0 Å². The Hall–Kier alpha value is -3.88. The van der Waals surface area contributed by atoms with Gasteiger partial charge in [0.05, 0.1) is 61.9 Å². The number of carbonyl (C=O) groups is 4. The molecule has 0 amide bonds. The van der Waals surface area contributed by atoms with E-state index in [1.165, 1.54) is 43.5 Å². The summed E-state index contributed by atoms with van der Waals surface area (Å²) in [6.45, 7) is 13.3. The van der Waals surface area contributed by atoms with Crippen molar-refractivity contribution in [3.63, 3.8) is 0 Å². The molecule has 0 fully saturated rings. The van der Waals surface area contributed by atoms with E-state index in [0.29, 0.717) is 48.7 Å². The zero-order valence-electron chi connectivity index (χ0n) is 36.7. The SMILES string of the molecule is CCCCC(CC)CO.CCCCC(CC)COC(=O)c1ccc(C(=O)OCC(CC)CCCC)cc1.O=C(OCCO)c1ccc(C(=O)OCCO)cc1.OCCO. The number of rotatable bonds is 26. The van der Waals surface area contributed by atoms with E-state index in [4.69, 9.17) is 44.5 Å². The first-order valence-corrected chi connectivity index (χ1v) is 21.4. The Morgan fingerprint density at radius 1 is 0.424 bits per heavy atom. The van der Waals surface area contributed by atoms with Crippen molar-refractivity contribution in [3.05, 3.63) is 70.8 Å². The van der Waals surface area contributed by atoms with Crippen molar-refractivity contribution in [1.29, 1.82) is 0 Å². The molecule has 13 nitrogen and oxygen atoms in total. The summed E-state index contributed by atoms with van der Waals surface area (Å²) in [6.07, 6.45) is 13.6. The largest absolute Gasteiger partial charge is 0.462 e. The highest BCUT2D eigenvalue weighted by Gasteiger charge is 2.15. The monoisotopic (exact) mass is 837 g/mol. The van der Waals surface area contributed by atoms with E-state index in [1.54, 1.807) is 24.3 Å². The second kappa shape index (κ2) is 39.6. The molecule has 0 heterocycles. The van der Waals surface area contributed by atoms with Crippen LogP contribution in [0.1, 0.15) is 160 Å². The standard InChI is InChI=1S/C24H38O4.C12H14O6.C8H18O.C2H6O2/c1-5-9-11-19(7-3)17-27-23(25)21-13-15-22(16-14-21)24(26)28-18-20(8-4)12-10-6-2;13-5-7-17-11(15)9-1-2-10(4-3-9)12(16)18-8-6-14;1-3-5-6-8(4-2)7-9;3-1-2-4/h13-16,19-20H,5-12,17-18H2,1-4H3;1-4,13-14H,5-8H2;8-9H,3-7H2,1-2H3;3-4H,1-2H2. The summed E-state index contributed by atoms with van der Waals surface area (Å²) >= 11 is 0. The van der Waals surface area contributed by atoms with E-state index in [2.05, 4.69) is 41.5 Å². The maximum Gasteiger partial charge on any atom is 0.338 e. The number of hydrogen-bond acceptors (Lipinski definition) is 13. The Balaban J connectivity index is 0. The van der Waals surface area contributed by atoms with Crippen LogP contribution in [0.4, 0.5) is 0 Å². The second-order valence-electron chi connectivity index (χ2n) is 13.9. The van der Waals surface area contributed by atoms with Gasteiger partial charge in [0.2, 0.25) is 0 Å². The summed E-state index contributed by atoms with van der Waals surface area (Å²) in [5, 5.41) is 41.0. The number of unbranched alkanes of at least 4 members (excludes halogenated alkanes) is 3. The summed E-state index contributed by atoms with van der Waals surface area (Å²) in [4.78, 5) is 47.2. The van der Waals surface area contributed by atoms with Gasteiger partial charge in [0.15, 0.2) is 0 Å². The van der Waals surface area contributed by atoms with E-state index in [9.17, 15) is 19.2 Å². The van der Waals surface area contributed by atoms with Crippen LogP contribution in [0, 0.1) is 17.8 Å². The van der Waals surface area contributed by atoms with Gasteiger partial charge in [-0.1, -0.05) is 99.3 Å². The smallest absolute Gasteiger partial charge is 0.338 e. The van der Waals surface area contributed by atoms with E-state index in [1.807, 2.05) is 0 Å². The van der Waals surface area contributed by atoms with Crippen molar-refractivity contribution >= 4 is 23.9 Å². The molecule has 0 aliphatic carbocycles. The first kappa shape index (κ1) is 57.2. The number of hydrogen-bond donors (Lipinski definition) is 5. The van der Waals surface area contributed by atoms with Gasteiger partial charge in [-0.25, -0.2) is 19.2 Å². The molecule has 5 N–H and O–H groups in total. The number of carbonyl (C=O) groups excluding carboxylic acids is 4. The zero-order valence-corrected chi connectivity index (χ0v) is 36.7. The molecule has 0 aromatic heterocycles. The summed E-state index contributed by atoms with van der Waals surface area (Å²) in [5.74, 6) is -0.417. The molecule has 0 bridgehead atoms. The first-order chi connectivity index (χ1) is 28.5. The highest BCUT2D eigenvalue weighted by atomic mass is 16.5. The minimum absolute atomic E-state index is 0.0703. The third-order valence-corrected chi connectivity index (χ3v) is 9.25. The van der Waals surface area contributed by atoms with Crippen LogP contribution in [0.2, 0.25) is 0 Å². The minimum Gasteiger partial charge on any atom is -0.462 e. The van der Waals surface area contributed by atoms with Crippen molar-refractivity contribution in [3.8, 4) is 0 Å². The molecule has 3 unspecified atom stereocenters. The van der Waals surface area contributed by atoms with Gasteiger partial charge in [-0.3, -0.25) is 0 Å². The molecule has 3 atom stereocenters. The maximum atomic E-state index is 12.2. The van der Waals surface area contributed by atoms with E-state index in [0.717, 1.165) is 57.8 Å². The van der Waals surface area contributed by atoms with Crippen LogP contribution in [-0.4, -0.2) is 109 Å². The Kier molecular flexibility index (Phi) is 38.4. The summed E-state index contributed by atoms with van der Waals surface area (Å²) in [6, 6.07) is 12.3. The van der Waals surface area contributed by atoms with Crippen LogP contribution in [0.25, 0.3) is 0 Å². The van der Waals surface area contributed by atoms with Gasteiger partial charge in [-0.15, -0.1) is 0 Å². The molecule has 13 heteroatoms. The lowest BCUT2D eigenvalue weighted by atomic mass is 10.0. The van der Waals surface area contributed by atoms with Crippen LogP contribution in [0.3, 0.4) is 0 Å². The van der Waals surface area contributed by atoms with Crippen molar-refractivity contribution < 1.29 is 63.7 Å². The molecular weight excluding hydrogens is 760 g/mol. The summed E-state index contributed by atoms with van der Waals surface area (Å²) < 4.78 is 20.3. The third-order valence-electron chi connectivity index (χ3n) is 9.25. The number of benzene rings is 2. The van der Waals surface area contributed by atoms with Crippen LogP contribution in [0.15, 0.2) is 48.5 Å². The van der Waals surface area contributed by atoms with Crippen LogP contribution < -0.4 is 0 Å². The molecule has 0 spiro atoms. The van der Waals surface area contributed by atoms with Gasteiger partial charge in [0, 0.05) is 6.61 Å². The van der Waals surface area contributed by atoms with Crippen molar-refractivity contribution in [2.24, 2.45) is 17.8 Å². The molecule has 59 heavy (non-hydrogen) atoms. The summed E-state index contributed by atoms with van der Waals surface area (Å²) in [7, 11) is 0. The van der Waals surface area contributed by atoms with E-state index in [-0.39, 0.29) is 62.7 Å². The van der Waals surface area contributed by atoms with E-state index < -0.39 is 11.9 Å². The fraction of sp³-hybridized carbons (Fsp3) is 0.652. The lowest BCUT2D eigenvalue weighted by Gasteiger charge is -2.15. The Morgan fingerprint density at radius 3 is 0.915 bits per heavy atom. The average Bonchev–Trinajstić information content (AvgIpc) is 3.28. The molecule has 0 saturated carbocycles. The van der Waals surface area contributed by atoms with Gasteiger partial charge in [0.1, 0.15) is 13.2 Å². The molecule has 0 radical (unpaired) electrons. The zero-order chi connectivity index (χ0) is 44.7. The Labute approximate surface area is 353 Å². The fourth-order valence-corrected chi connectivity index (χ4v) is 5.20.